The van der Waals surface area contributed by atoms with Gasteiger partial charge in [0.05, 0.1) is 5.92 Å². The number of carbonyl (C=O) groups is 1. The molecule has 0 aliphatic carbocycles. The Hall–Kier alpha value is -1.65. The van der Waals surface area contributed by atoms with Gasteiger partial charge in [0.1, 0.15) is 0 Å². The lowest BCUT2D eigenvalue weighted by atomic mass is 9.94. The molecule has 2 rings (SSSR count). The van der Waals surface area contributed by atoms with Crippen LogP contribution in [0, 0.1) is 5.92 Å². The summed E-state index contributed by atoms with van der Waals surface area (Å²) in [4.78, 5) is 12.2. The fraction of sp³-hybridized carbons (Fsp3) is 0.235. The van der Waals surface area contributed by atoms with Crippen LogP contribution >= 0.6 is 15.9 Å². The van der Waals surface area contributed by atoms with E-state index in [9.17, 15) is 4.79 Å². The fourth-order valence-corrected chi connectivity index (χ4v) is 2.34. The van der Waals surface area contributed by atoms with Crippen molar-refractivity contribution in [2.45, 2.75) is 19.5 Å². The predicted octanol–water partition coefficient (Wildman–Crippen LogP) is 3.40. The van der Waals surface area contributed by atoms with E-state index in [2.05, 4.69) is 21.2 Å². The lowest BCUT2D eigenvalue weighted by Crippen LogP contribution is -2.35. The monoisotopic (exact) mass is 346 g/mol. The van der Waals surface area contributed by atoms with Crippen LogP contribution in [0.4, 0.5) is 0 Å². The molecule has 2 unspecified atom stereocenters. The SMILES string of the molecule is CC(C(=O)NCc1ccc(Br)cc1)C(N)c1ccccc1. The van der Waals surface area contributed by atoms with E-state index in [0.29, 0.717) is 6.54 Å². The molecule has 2 aromatic carbocycles. The number of hydrogen-bond donors (Lipinski definition) is 2. The molecule has 0 aliphatic heterocycles. The molecule has 0 fully saturated rings. The van der Waals surface area contributed by atoms with Crippen molar-refractivity contribution in [1.82, 2.24) is 5.32 Å². The summed E-state index contributed by atoms with van der Waals surface area (Å²) in [6.07, 6.45) is 0. The Bertz CT molecular complexity index is 583. The van der Waals surface area contributed by atoms with Crippen LogP contribution in [0.2, 0.25) is 0 Å². The van der Waals surface area contributed by atoms with Crippen molar-refractivity contribution >= 4 is 21.8 Å². The minimum atomic E-state index is -0.295. The Morgan fingerprint density at radius 3 is 2.38 bits per heavy atom. The third-order valence-electron chi connectivity index (χ3n) is 3.52. The predicted molar refractivity (Wildman–Crippen MR) is 88.5 cm³/mol. The van der Waals surface area contributed by atoms with Gasteiger partial charge in [-0.2, -0.15) is 0 Å². The largest absolute Gasteiger partial charge is 0.352 e. The van der Waals surface area contributed by atoms with Gasteiger partial charge in [0, 0.05) is 17.1 Å². The van der Waals surface area contributed by atoms with Crippen molar-refractivity contribution in [3.63, 3.8) is 0 Å². The zero-order valence-corrected chi connectivity index (χ0v) is 13.5. The van der Waals surface area contributed by atoms with E-state index in [0.717, 1.165) is 15.6 Å². The zero-order valence-electron chi connectivity index (χ0n) is 11.9. The third kappa shape index (κ3) is 4.41. The van der Waals surface area contributed by atoms with Crippen molar-refractivity contribution < 1.29 is 4.79 Å². The van der Waals surface area contributed by atoms with Crippen molar-refractivity contribution in [2.24, 2.45) is 11.7 Å². The summed E-state index contributed by atoms with van der Waals surface area (Å²) in [5, 5.41) is 2.93. The highest BCUT2D eigenvalue weighted by molar-refractivity contribution is 9.10. The van der Waals surface area contributed by atoms with Crippen LogP contribution in [0.25, 0.3) is 0 Å². The molecule has 110 valence electrons. The number of benzene rings is 2. The van der Waals surface area contributed by atoms with E-state index in [1.165, 1.54) is 0 Å². The van der Waals surface area contributed by atoms with E-state index in [1.54, 1.807) is 0 Å². The van der Waals surface area contributed by atoms with Gasteiger partial charge in [0.15, 0.2) is 0 Å². The normalized spacial score (nSPS) is 13.5. The standard InChI is InChI=1S/C17H19BrN2O/c1-12(16(19)14-5-3-2-4-6-14)17(21)20-11-13-7-9-15(18)10-8-13/h2-10,12,16H,11,19H2,1H3,(H,20,21). The van der Waals surface area contributed by atoms with Gasteiger partial charge in [0.25, 0.3) is 0 Å². The molecule has 0 bridgehead atoms. The summed E-state index contributed by atoms with van der Waals surface area (Å²) >= 11 is 3.39. The van der Waals surface area contributed by atoms with E-state index in [1.807, 2.05) is 61.5 Å². The summed E-state index contributed by atoms with van der Waals surface area (Å²) in [7, 11) is 0. The van der Waals surface area contributed by atoms with Crippen LogP contribution in [0.3, 0.4) is 0 Å². The summed E-state index contributed by atoms with van der Waals surface area (Å²) in [5.74, 6) is -0.308. The van der Waals surface area contributed by atoms with Gasteiger partial charge in [-0.25, -0.2) is 0 Å². The molecular formula is C17H19BrN2O. The van der Waals surface area contributed by atoms with Crippen LogP contribution in [-0.4, -0.2) is 5.91 Å². The van der Waals surface area contributed by atoms with Crippen LogP contribution in [-0.2, 0) is 11.3 Å². The van der Waals surface area contributed by atoms with Crippen LogP contribution in [0.15, 0.2) is 59.1 Å². The Morgan fingerprint density at radius 2 is 1.76 bits per heavy atom. The molecule has 1 amide bonds. The van der Waals surface area contributed by atoms with E-state index < -0.39 is 0 Å². The summed E-state index contributed by atoms with van der Waals surface area (Å²) in [6, 6.07) is 17.3. The smallest absolute Gasteiger partial charge is 0.225 e. The maximum atomic E-state index is 12.2. The molecule has 0 aliphatic rings. The van der Waals surface area contributed by atoms with Crippen molar-refractivity contribution in [3.8, 4) is 0 Å². The van der Waals surface area contributed by atoms with Gasteiger partial charge >= 0.3 is 0 Å². The Balaban J connectivity index is 1.92. The second-order valence-corrected chi connectivity index (χ2v) is 5.99. The first kappa shape index (κ1) is 15.7. The molecule has 0 saturated carbocycles. The lowest BCUT2D eigenvalue weighted by molar-refractivity contribution is -0.125. The van der Waals surface area contributed by atoms with Gasteiger partial charge < -0.3 is 11.1 Å². The van der Waals surface area contributed by atoms with E-state index >= 15 is 0 Å². The lowest BCUT2D eigenvalue weighted by Gasteiger charge is -2.19. The van der Waals surface area contributed by atoms with Crippen LogP contribution < -0.4 is 11.1 Å². The molecule has 0 aromatic heterocycles. The summed E-state index contributed by atoms with van der Waals surface area (Å²) in [6.45, 7) is 2.37. The van der Waals surface area contributed by atoms with Crippen LogP contribution in [0.1, 0.15) is 24.1 Å². The highest BCUT2D eigenvalue weighted by Gasteiger charge is 2.21. The quantitative estimate of drug-likeness (QED) is 0.871. The number of nitrogens with two attached hydrogens (primary N) is 1. The second kappa shape index (κ2) is 7.38. The molecule has 4 heteroatoms. The van der Waals surface area contributed by atoms with Gasteiger partial charge in [-0.1, -0.05) is 65.3 Å². The van der Waals surface area contributed by atoms with E-state index in [4.69, 9.17) is 5.73 Å². The van der Waals surface area contributed by atoms with Crippen LogP contribution in [0.5, 0.6) is 0 Å². The molecule has 2 atom stereocenters. The van der Waals surface area contributed by atoms with E-state index in [-0.39, 0.29) is 17.9 Å². The highest BCUT2D eigenvalue weighted by atomic mass is 79.9. The summed E-state index contributed by atoms with van der Waals surface area (Å²) < 4.78 is 1.03. The first-order valence-corrected chi connectivity index (χ1v) is 7.70. The average Bonchev–Trinajstić information content (AvgIpc) is 2.53. The fourth-order valence-electron chi connectivity index (χ4n) is 2.08. The number of amides is 1. The second-order valence-electron chi connectivity index (χ2n) is 5.07. The minimum absolute atomic E-state index is 0.0331. The minimum Gasteiger partial charge on any atom is -0.352 e. The zero-order chi connectivity index (χ0) is 15.2. The molecule has 0 heterocycles. The molecule has 21 heavy (non-hydrogen) atoms. The Labute approximate surface area is 133 Å². The maximum absolute atomic E-state index is 12.2. The van der Waals surface area contributed by atoms with Gasteiger partial charge in [0.2, 0.25) is 5.91 Å². The van der Waals surface area contributed by atoms with Crippen molar-refractivity contribution in [3.05, 3.63) is 70.2 Å². The highest BCUT2D eigenvalue weighted by Crippen LogP contribution is 2.19. The molecular weight excluding hydrogens is 328 g/mol. The third-order valence-corrected chi connectivity index (χ3v) is 4.05. The first-order valence-electron chi connectivity index (χ1n) is 6.90. The molecule has 3 N–H and O–H groups in total. The Kier molecular flexibility index (Phi) is 5.53. The maximum Gasteiger partial charge on any atom is 0.225 e. The molecule has 0 saturated heterocycles. The Morgan fingerprint density at radius 1 is 1.14 bits per heavy atom. The molecule has 2 aromatic rings. The number of carbonyl (C=O) groups excluding carboxylic acids is 1. The van der Waals surface area contributed by atoms with Crippen molar-refractivity contribution in [1.29, 1.82) is 0 Å². The topological polar surface area (TPSA) is 55.1 Å². The van der Waals surface area contributed by atoms with Crippen molar-refractivity contribution in [2.75, 3.05) is 0 Å². The number of rotatable bonds is 5. The molecule has 0 spiro atoms. The number of hydrogen-bond acceptors (Lipinski definition) is 2. The van der Waals surface area contributed by atoms with Gasteiger partial charge in [-0.05, 0) is 23.3 Å². The van der Waals surface area contributed by atoms with Gasteiger partial charge in [-0.3, -0.25) is 4.79 Å². The summed E-state index contributed by atoms with van der Waals surface area (Å²) in [5.41, 5.74) is 8.20. The average molecular weight is 347 g/mol. The number of nitrogens with one attached hydrogen (secondary N) is 1. The molecule has 0 radical (unpaired) electrons. The first-order chi connectivity index (χ1) is 10.1. The molecule has 3 nitrogen and oxygen atoms in total. The number of halogens is 1. The van der Waals surface area contributed by atoms with Gasteiger partial charge in [-0.15, -0.1) is 0 Å².